The van der Waals surface area contributed by atoms with Crippen LogP contribution in [-0.4, -0.2) is 136 Å². The van der Waals surface area contributed by atoms with E-state index < -0.39 is 120 Å². The second kappa shape index (κ2) is 22.8. The molecule has 0 aliphatic carbocycles. The van der Waals surface area contributed by atoms with E-state index in [0.717, 1.165) is 12.8 Å². The smallest absolute Gasteiger partial charge is 0.331 e. The Kier molecular flexibility index (Phi) is 18.9. The Labute approximate surface area is 376 Å². The lowest BCUT2D eigenvalue weighted by molar-refractivity contribution is -0.361. The predicted octanol–water partition coefficient (Wildman–Crippen LogP) is 4.15. The maximum atomic E-state index is 13.5. The second-order valence-electron chi connectivity index (χ2n) is 18.8. The van der Waals surface area contributed by atoms with Crippen molar-refractivity contribution in [3.63, 3.8) is 0 Å². The van der Waals surface area contributed by atoms with E-state index in [1.807, 2.05) is 13.0 Å². The number of hydrogen-bond donors (Lipinski definition) is 5. The Morgan fingerprint density at radius 1 is 0.906 bits per heavy atom. The fraction of sp³-hybridized carbons (Fsp3) is 0.745. The maximum absolute atomic E-state index is 13.5. The maximum Gasteiger partial charge on any atom is 0.331 e. The highest BCUT2D eigenvalue weighted by Gasteiger charge is 2.60. The van der Waals surface area contributed by atoms with Crippen LogP contribution in [0.15, 0.2) is 48.1 Å². The molecule has 0 saturated carbocycles. The Bertz CT molecular complexity index is 1720. The van der Waals surface area contributed by atoms with Gasteiger partial charge < -0.3 is 63.4 Å². The van der Waals surface area contributed by atoms with Gasteiger partial charge in [0.05, 0.1) is 69.8 Å². The molecule has 13 atom stereocenters. The largest absolute Gasteiger partial charge is 0.469 e. The lowest BCUT2D eigenvalue weighted by atomic mass is 9.70. The standard InChI is InChI=1S/C47H72O17/c1-10-11-12-13-14-15-39(51)62-43-31(22-41(53)58-9)21-34-25-37(28(2)48)61-42(54)24-32(50)23-35-26-38(59-29(3)49)45(6,7)46(55,63-35)27-36-19-30(20-40(52)57-8)18-33(60-36)16-17-44(4,5)47(43,56)64-34/h12-17,20,28-29,31-38,43,48-50,55-56H,10-11,18-19,21-27H2,1-9H3/b13-12+,15-14+,17-16+,30-20+/t28-,29+,31+,32-,33+,34+,35-,36+,37?,38+,43+,46+,47-/m1/s1. The third kappa shape index (κ3) is 13.8. The molecule has 1 unspecified atom stereocenters. The zero-order chi connectivity index (χ0) is 47.6. The molecular formula is C47H72O17. The van der Waals surface area contributed by atoms with Crippen LogP contribution in [0.25, 0.3) is 0 Å². The highest BCUT2D eigenvalue weighted by molar-refractivity contribution is 5.83. The topological polar surface area (TPSA) is 243 Å². The predicted molar refractivity (Wildman–Crippen MR) is 229 cm³/mol. The third-order valence-electron chi connectivity index (χ3n) is 12.8. The van der Waals surface area contributed by atoms with Crippen molar-refractivity contribution >= 4 is 23.9 Å². The molecule has 0 amide bonds. The number of methoxy groups -OCH3 is 2. The van der Waals surface area contributed by atoms with E-state index in [1.54, 1.807) is 45.9 Å². The summed E-state index contributed by atoms with van der Waals surface area (Å²) >= 11 is 0. The van der Waals surface area contributed by atoms with Gasteiger partial charge in [-0.25, -0.2) is 9.59 Å². The van der Waals surface area contributed by atoms with E-state index in [1.165, 1.54) is 46.3 Å². The van der Waals surface area contributed by atoms with Crippen LogP contribution in [0.3, 0.4) is 0 Å². The fourth-order valence-electron chi connectivity index (χ4n) is 9.03. The molecule has 4 heterocycles. The van der Waals surface area contributed by atoms with Crippen LogP contribution < -0.4 is 0 Å². The van der Waals surface area contributed by atoms with E-state index in [-0.39, 0.29) is 51.4 Å². The van der Waals surface area contributed by atoms with Crippen molar-refractivity contribution in [1.82, 2.24) is 0 Å². The quantitative estimate of drug-likeness (QED) is 0.0488. The molecular weight excluding hydrogens is 836 g/mol. The molecule has 0 aromatic rings. The van der Waals surface area contributed by atoms with Crippen molar-refractivity contribution in [2.75, 3.05) is 14.2 Å². The molecule has 0 aromatic heterocycles. The molecule has 4 aliphatic rings. The SMILES string of the molecule is CCC/C=C/C=C/C(=O)O[C@H]1[C@H](CC(=O)OC)C[C@H]2CC([C@@H](C)O)OC(=O)C[C@H](O)C[C@@H]3C[C@H](O[C@@H](C)O)C(C)(C)[C@](O)(C[C@@H]4C/C(=C/C(=O)OC)C[C@H](/C=C/C(C)(C)[C@]1(O)O2)O4)O3. The number of ether oxygens (including phenoxy) is 8. The summed E-state index contributed by atoms with van der Waals surface area (Å²) in [4.78, 5) is 52.5. The molecule has 0 radical (unpaired) electrons. The molecule has 362 valence electrons. The van der Waals surface area contributed by atoms with Gasteiger partial charge in [-0.2, -0.15) is 0 Å². The number of aliphatic hydroxyl groups is 5. The summed E-state index contributed by atoms with van der Waals surface area (Å²) in [7, 11) is 2.46. The Hall–Kier alpha value is -3.52. The van der Waals surface area contributed by atoms with Gasteiger partial charge in [0.15, 0.2) is 18.2 Å². The zero-order valence-electron chi connectivity index (χ0n) is 38.8. The molecule has 6 bridgehead atoms. The zero-order valence-corrected chi connectivity index (χ0v) is 38.8. The number of cyclic esters (lactones) is 1. The minimum atomic E-state index is -2.39. The first-order valence-electron chi connectivity index (χ1n) is 22.4. The summed E-state index contributed by atoms with van der Waals surface area (Å²) in [5.41, 5.74) is -2.02. The molecule has 0 spiro atoms. The Balaban J connectivity index is 1.87. The lowest BCUT2D eigenvalue weighted by Gasteiger charge is -2.54. The highest BCUT2D eigenvalue weighted by atomic mass is 16.7. The Morgan fingerprint density at radius 3 is 2.25 bits per heavy atom. The summed E-state index contributed by atoms with van der Waals surface area (Å²) in [5, 5.41) is 58.0. The van der Waals surface area contributed by atoms with Gasteiger partial charge in [0.2, 0.25) is 5.79 Å². The first kappa shape index (κ1) is 53.1. The number of carbonyl (C=O) groups is 4. The molecule has 3 saturated heterocycles. The van der Waals surface area contributed by atoms with Gasteiger partial charge in [-0.05, 0) is 39.5 Å². The molecule has 17 heteroatoms. The van der Waals surface area contributed by atoms with Crippen LogP contribution >= 0.6 is 0 Å². The van der Waals surface area contributed by atoms with E-state index in [2.05, 4.69) is 0 Å². The summed E-state index contributed by atoms with van der Waals surface area (Å²) in [6, 6.07) is 0. The van der Waals surface area contributed by atoms with Crippen molar-refractivity contribution in [3.05, 3.63) is 48.1 Å². The van der Waals surface area contributed by atoms with Crippen LogP contribution in [0.5, 0.6) is 0 Å². The van der Waals surface area contributed by atoms with Crippen molar-refractivity contribution in [1.29, 1.82) is 0 Å². The number of aliphatic hydroxyl groups excluding tert-OH is 3. The third-order valence-corrected chi connectivity index (χ3v) is 12.8. The van der Waals surface area contributed by atoms with Gasteiger partial charge in [-0.3, -0.25) is 9.59 Å². The average Bonchev–Trinajstić information content (AvgIpc) is 3.19. The first-order chi connectivity index (χ1) is 29.9. The number of carbonyl (C=O) groups excluding carboxylic acids is 4. The van der Waals surface area contributed by atoms with Crippen LogP contribution in [-0.2, 0) is 57.1 Å². The van der Waals surface area contributed by atoms with E-state index in [4.69, 9.17) is 37.9 Å². The van der Waals surface area contributed by atoms with Crippen molar-refractivity contribution in [3.8, 4) is 0 Å². The van der Waals surface area contributed by atoms with Crippen LogP contribution in [0.4, 0.5) is 0 Å². The second-order valence-corrected chi connectivity index (χ2v) is 18.8. The fourth-order valence-corrected chi connectivity index (χ4v) is 9.03. The molecule has 4 aliphatic heterocycles. The number of rotatable bonds is 11. The summed E-state index contributed by atoms with van der Waals surface area (Å²) in [6.07, 6.45) is 1.07. The van der Waals surface area contributed by atoms with Crippen molar-refractivity contribution in [2.45, 2.75) is 192 Å². The molecule has 17 nitrogen and oxygen atoms in total. The van der Waals surface area contributed by atoms with Crippen LogP contribution in [0.2, 0.25) is 0 Å². The molecule has 0 aromatic carbocycles. The highest BCUT2D eigenvalue weighted by Crippen LogP contribution is 2.50. The summed E-state index contributed by atoms with van der Waals surface area (Å²) < 4.78 is 47.2. The van der Waals surface area contributed by atoms with E-state index in [0.29, 0.717) is 5.57 Å². The Morgan fingerprint density at radius 2 is 1.61 bits per heavy atom. The van der Waals surface area contributed by atoms with Gasteiger partial charge in [0.25, 0.3) is 0 Å². The number of unbranched alkanes of at least 4 members (excludes halogenated alkanes) is 1. The van der Waals surface area contributed by atoms with E-state index >= 15 is 0 Å². The van der Waals surface area contributed by atoms with Crippen LogP contribution in [0, 0.1) is 16.7 Å². The number of esters is 4. The number of fused-ring (bicyclic) bond motifs is 6. The summed E-state index contributed by atoms with van der Waals surface area (Å²) in [5.74, 6) is -8.24. The lowest BCUT2D eigenvalue weighted by Crippen LogP contribution is -2.64. The van der Waals surface area contributed by atoms with Crippen molar-refractivity contribution < 1.29 is 82.6 Å². The van der Waals surface area contributed by atoms with Crippen LogP contribution in [0.1, 0.15) is 119 Å². The molecule has 3 fully saturated rings. The normalized spacial score (nSPS) is 36.9. The van der Waals surface area contributed by atoms with Gasteiger partial charge in [0, 0.05) is 54.6 Å². The van der Waals surface area contributed by atoms with Gasteiger partial charge >= 0.3 is 23.9 Å². The van der Waals surface area contributed by atoms with Gasteiger partial charge in [0.1, 0.15) is 6.10 Å². The number of hydrogen-bond acceptors (Lipinski definition) is 17. The monoisotopic (exact) mass is 908 g/mol. The number of allylic oxidation sites excluding steroid dienone is 3. The first-order valence-corrected chi connectivity index (χ1v) is 22.4. The molecule has 4 rings (SSSR count). The molecule has 64 heavy (non-hydrogen) atoms. The van der Waals surface area contributed by atoms with E-state index in [9.17, 15) is 44.7 Å². The van der Waals surface area contributed by atoms with Gasteiger partial charge in [-0.15, -0.1) is 0 Å². The molecule has 5 N–H and O–H groups in total. The average molecular weight is 909 g/mol. The van der Waals surface area contributed by atoms with Crippen molar-refractivity contribution in [2.24, 2.45) is 16.7 Å². The minimum Gasteiger partial charge on any atom is -0.469 e. The minimum absolute atomic E-state index is 0.00172. The summed E-state index contributed by atoms with van der Waals surface area (Å²) in [6.45, 7) is 11.6. The van der Waals surface area contributed by atoms with Gasteiger partial charge in [-0.1, -0.05) is 77.0 Å².